The molecule has 3 rings (SSSR count). The van der Waals surface area contributed by atoms with Crippen molar-refractivity contribution in [1.82, 2.24) is 10.2 Å². The molecule has 1 N–H and O–H groups in total. The number of fused-ring (bicyclic) bond motifs is 1. The summed E-state index contributed by atoms with van der Waals surface area (Å²) in [5, 5.41) is 15.5. The number of benzene rings is 1. The molecule has 0 saturated carbocycles. The maximum atomic E-state index is 12.9. The van der Waals surface area contributed by atoms with E-state index in [-0.39, 0.29) is 33.7 Å². The van der Waals surface area contributed by atoms with E-state index in [0.717, 1.165) is 35.4 Å². The molecule has 0 radical (unpaired) electrons. The third-order valence-electron chi connectivity index (χ3n) is 5.52. The van der Waals surface area contributed by atoms with E-state index in [4.69, 9.17) is 4.74 Å². The van der Waals surface area contributed by atoms with Crippen LogP contribution in [0, 0.1) is 5.92 Å². The number of rotatable bonds is 10. The van der Waals surface area contributed by atoms with E-state index in [0.29, 0.717) is 18.9 Å². The van der Waals surface area contributed by atoms with Crippen molar-refractivity contribution in [1.29, 1.82) is 0 Å². The number of hydrogen-bond donors (Lipinski definition) is 1. The fraction of sp³-hybridized carbons (Fsp3) is 0.609. The summed E-state index contributed by atoms with van der Waals surface area (Å²) < 4.78 is 70.6. The van der Waals surface area contributed by atoms with Crippen molar-refractivity contribution in [3.05, 3.63) is 22.7 Å². The highest BCUT2D eigenvalue weighted by Gasteiger charge is 2.36. The van der Waals surface area contributed by atoms with Crippen molar-refractivity contribution in [2.75, 3.05) is 21.9 Å². The molecular formula is C23H31F3N6O4S2. The van der Waals surface area contributed by atoms with Gasteiger partial charge in [-0.05, 0) is 56.7 Å². The molecule has 2 heterocycles. The molecule has 1 aliphatic rings. The average molecular weight is 577 g/mol. The van der Waals surface area contributed by atoms with Gasteiger partial charge in [0.05, 0.1) is 11.8 Å². The van der Waals surface area contributed by atoms with E-state index < -0.39 is 27.9 Å². The SMILES string of the molecule is CCC1CCc2cc(N=Nc3nnc(C(=O)OC(C)C)s3)c(NS(=O)(=O)CC(F)(F)F)cc2N1CC(C)C. The molecule has 0 aliphatic carbocycles. The number of azo groups is 1. The Balaban J connectivity index is 2.02. The first kappa shape index (κ1) is 29.7. The minimum Gasteiger partial charge on any atom is -0.458 e. The summed E-state index contributed by atoms with van der Waals surface area (Å²) >= 11 is 0.816. The van der Waals surface area contributed by atoms with Crippen LogP contribution >= 0.6 is 11.3 Å². The van der Waals surface area contributed by atoms with Crippen LogP contribution in [0.5, 0.6) is 0 Å². The smallest absolute Gasteiger partial charge is 0.404 e. The first-order valence-electron chi connectivity index (χ1n) is 12.1. The van der Waals surface area contributed by atoms with E-state index in [2.05, 4.69) is 46.1 Å². The lowest BCUT2D eigenvalue weighted by molar-refractivity contribution is -0.106. The highest BCUT2D eigenvalue weighted by Crippen LogP contribution is 2.41. The third-order valence-corrected chi connectivity index (χ3v) is 7.55. The Hall–Kier alpha value is -2.81. The molecule has 0 spiro atoms. The molecule has 1 unspecified atom stereocenters. The normalized spacial score (nSPS) is 16.4. The minimum absolute atomic E-state index is 0.00462. The maximum absolute atomic E-state index is 12.9. The summed E-state index contributed by atoms with van der Waals surface area (Å²) in [6, 6.07) is 3.36. The van der Waals surface area contributed by atoms with Crippen molar-refractivity contribution < 1.29 is 31.1 Å². The molecule has 1 atom stereocenters. The standard InChI is InChI=1S/C23H31F3N6O4S2/c1-6-16-8-7-15-9-17(27-29-22-30-28-20(37-22)21(33)36-14(4)5)18(10-19(15)32(16)11-13(2)3)31-38(34,35)12-23(24,25)26/h9-10,13-14,16,31H,6-8,11-12H2,1-5H3. The van der Waals surface area contributed by atoms with Crippen molar-refractivity contribution in [2.45, 2.75) is 72.2 Å². The number of carbonyl (C=O) groups is 1. The number of aryl methyl sites for hydroxylation is 1. The van der Waals surface area contributed by atoms with Crippen LogP contribution < -0.4 is 9.62 Å². The topological polar surface area (TPSA) is 126 Å². The second-order valence-electron chi connectivity index (χ2n) is 9.67. The van der Waals surface area contributed by atoms with Gasteiger partial charge in [0.2, 0.25) is 15.0 Å². The second-order valence-corrected chi connectivity index (χ2v) is 12.3. The number of alkyl halides is 3. The Morgan fingerprint density at radius 1 is 1.24 bits per heavy atom. The number of esters is 1. The largest absolute Gasteiger partial charge is 0.458 e. The molecule has 210 valence electrons. The fourth-order valence-electron chi connectivity index (χ4n) is 4.11. The Bertz CT molecular complexity index is 1280. The zero-order chi connectivity index (χ0) is 28.3. The van der Waals surface area contributed by atoms with Crippen molar-refractivity contribution in [3.8, 4) is 0 Å². The Morgan fingerprint density at radius 2 is 1.95 bits per heavy atom. The quantitative estimate of drug-likeness (QED) is 0.271. The number of anilines is 2. The first-order valence-corrected chi connectivity index (χ1v) is 14.6. The lowest BCUT2D eigenvalue weighted by Crippen LogP contribution is -2.41. The van der Waals surface area contributed by atoms with Crippen LogP contribution in [-0.4, -0.2) is 55.2 Å². The van der Waals surface area contributed by atoms with Crippen molar-refractivity contribution in [3.63, 3.8) is 0 Å². The van der Waals surface area contributed by atoms with E-state index >= 15 is 0 Å². The van der Waals surface area contributed by atoms with Gasteiger partial charge < -0.3 is 9.64 Å². The lowest BCUT2D eigenvalue weighted by Gasteiger charge is -2.40. The van der Waals surface area contributed by atoms with Gasteiger partial charge in [0.15, 0.2) is 5.75 Å². The van der Waals surface area contributed by atoms with Crippen molar-refractivity contribution in [2.24, 2.45) is 16.1 Å². The number of nitrogens with zero attached hydrogens (tertiary/aromatic N) is 5. The van der Waals surface area contributed by atoms with Crippen LogP contribution in [0.2, 0.25) is 0 Å². The molecule has 1 aromatic carbocycles. The number of sulfonamides is 1. The Kier molecular flexibility index (Phi) is 9.34. The van der Waals surface area contributed by atoms with Crippen LogP contribution in [0.1, 0.15) is 62.8 Å². The van der Waals surface area contributed by atoms with Crippen LogP contribution in [0.15, 0.2) is 22.4 Å². The first-order chi connectivity index (χ1) is 17.7. The highest BCUT2D eigenvalue weighted by molar-refractivity contribution is 7.92. The van der Waals surface area contributed by atoms with E-state index in [1.165, 1.54) is 6.07 Å². The molecule has 15 heteroatoms. The summed E-state index contributed by atoms with van der Waals surface area (Å²) in [6.45, 7) is 10.2. The summed E-state index contributed by atoms with van der Waals surface area (Å²) in [4.78, 5) is 14.2. The van der Waals surface area contributed by atoms with Crippen LogP contribution in [0.4, 0.5) is 35.4 Å². The summed E-state index contributed by atoms with van der Waals surface area (Å²) in [7, 11) is -4.78. The number of hydrogen-bond acceptors (Lipinski definition) is 10. The van der Waals surface area contributed by atoms with Gasteiger partial charge in [0, 0.05) is 18.3 Å². The second kappa shape index (κ2) is 11.9. The Labute approximate surface area is 223 Å². The van der Waals surface area contributed by atoms with Gasteiger partial charge in [-0.25, -0.2) is 13.2 Å². The number of carbonyl (C=O) groups excluding carboxylic acids is 1. The average Bonchev–Trinajstić information content (AvgIpc) is 3.24. The van der Waals surface area contributed by atoms with E-state index in [1.54, 1.807) is 19.9 Å². The minimum atomic E-state index is -4.92. The zero-order valence-corrected chi connectivity index (χ0v) is 23.4. The van der Waals surface area contributed by atoms with Crippen LogP contribution in [0.3, 0.4) is 0 Å². The van der Waals surface area contributed by atoms with Crippen LogP contribution in [0.25, 0.3) is 0 Å². The summed E-state index contributed by atoms with van der Waals surface area (Å²) in [5.41, 5.74) is 1.51. The molecule has 1 aliphatic heterocycles. The number of aromatic nitrogens is 2. The van der Waals surface area contributed by atoms with Gasteiger partial charge >= 0.3 is 12.1 Å². The molecule has 2 aromatic rings. The van der Waals surface area contributed by atoms with E-state index in [1.807, 2.05) is 4.72 Å². The molecule has 38 heavy (non-hydrogen) atoms. The summed E-state index contributed by atoms with van der Waals surface area (Å²) in [6.07, 6.45) is -2.87. The monoisotopic (exact) mass is 576 g/mol. The molecular weight excluding hydrogens is 545 g/mol. The lowest BCUT2D eigenvalue weighted by atomic mass is 9.92. The van der Waals surface area contributed by atoms with Gasteiger partial charge in [-0.2, -0.15) is 13.2 Å². The van der Waals surface area contributed by atoms with Gasteiger partial charge in [-0.3, -0.25) is 4.72 Å². The van der Waals surface area contributed by atoms with Gasteiger partial charge in [-0.1, -0.05) is 32.1 Å². The zero-order valence-electron chi connectivity index (χ0n) is 21.7. The van der Waals surface area contributed by atoms with E-state index in [9.17, 15) is 26.4 Å². The molecule has 0 bridgehead atoms. The molecule has 0 amide bonds. The summed E-state index contributed by atoms with van der Waals surface area (Å²) in [5.74, 6) is -2.42. The number of ether oxygens (including phenoxy) is 1. The highest BCUT2D eigenvalue weighted by atomic mass is 32.2. The van der Waals surface area contributed by atoms with Crippen molar-refractivity contribution >= 4 is 49.5 Å². The van der Waals surface area contributed by atoms with Crippen LogP contribution in [-0.2, 0) is 21.2 Å². The number of halogens is 3. The number of nitrogens with one attached hydrogen (secondary N) is 1. The van der Waals surface area contributed by atoms with Gasteiger partial charge in [0.1, 0.15) is 5.69 Å². The predicted molar refractivity (Wildman–Crippen MR) is 139 cm³/mol. The molecule has 0 saturated heterocycles. The third kappa shape index (κ3) is 8.09. The molecule has 0 fully saturated rings. The maximum Gasteiger partial charge on any atom is 0.404 e. The predicted octanol–water partition coefficient (Wildman–Crippen LogP) is 6.01. The fourth-order valence-corrected chi connectivity index (χ4v) is 5.66. The van der Waals surface area contributed by atoms with Gasteiger partial charge in [-0.15, -0.1) is 20.4 Å². The molecule has 1 aromatic heterocycles. The molecule has 10 nitrogen and oxygen atoms in total. The Morgan fingerprint density at radius 3 is 2.55 bits per heavy atom. The van der Waals surface area contributed by atoms with Gasteiger partial charge in [0.25, 0.3) is 5.13 Å².